The predicted molar refractivity (Wildman–Crippen MR) is 168 cm³/mol. The van der Waals surface area contributed by atoms with Gasteiger partial charge in [0.1, 0.15) is 23.7 Å². The molecule has 4 heterocycles. The molecule has 10 heteroatoms. The summed E-state index contributed by atoms with van der Waals surface area (Å²) in [4.78, 5) is 61.2. The van der Waals surface area contributed by atoms with E-state index in [0.29, 0.717) is 32.4 Å². The maximum Gasteiger partial charge on any atom is 0.313 e. The lowest BCUT2D eigenvalue weighted by Gasteiger charge is -2.36. The van der Waals surface area contributed by atoms with Crippen LogP contribution in [0.25, 0.3) is 0 Å². The Balaban J connectivity index is 1.56. The number of likely N-dealkylation sites (tertiary alicyclic amines) is 1. The fraction of sp³-hybridized carbons (Fsp3) is 0.600. The molecule has 1 aromatic carbocycles. The first-order valence-corrected chi connectivity index (χ1v) is 16.5. The van der Waals surface area contributed by atoms with Crippen molar-refractivity contribution < 1.29 is 33.8 Å². The zero-order valence-electron chi connectivity index (χ0n) is 26.7. The molecule has 7 atom stereocenters. The Kier molecular flexibility index (Phi) is 10.4. The van der Waals surface area contributed by atoms with Crippen molar-refractivity contribution in [1.29, 1.82) is 0 Å². The van der Waals surface area contributed by atoms with Crippen LogP contribution >= 0.6 is 0 Å². The van der Waals surface area contributed by atoms with Crippen LogP contribution in [0.4, 0.5) is 0 Å². The van der Waals surface area contributed by atoms with E-state index in [1.165, 1.54) is 0 Å². The average molecular weight is 622 g/mol. The van der Waals surface area contributed by atoms with Crippen LogP contribution in [0.2, 0.25) is 0 Å². The molecular weight excluding hydrogens is 574 g/mol. The second-order valence-corrected chi connectivity index (χ2v) is 12.7. The molecule has 1 spiro atoms. The fourth-order valence-electron chi connectivity index (χ4n) is 7.29. The van der Waals surface area contributed by atoms with Crippen LogP contribution in [0.1, 0.15) is 70.5 Å². The van der Waals surface area contributed by atoms with E-state index >= 15 is 0 Å². The molecule has 0 aliphatic carbocycles. The Labute approximate surface area is 266 Å². The summed E-state index contributed by atoms with van der Waals surface area (Å²) in [5, 5.41) is 9.47. The van der Waals surface area contributed by atoms with Gasteiger partial charge in [-0.05, 0) is 38.2 Å². The summed E-state index contributed by atoms with van der Waals surface area (Å²) < 4.78 is 12.8. The summed E-state index contributed by atoms with van der Waals surface area (Å²) in [5.74, 6) is -3.04. The van der Waals surface area contributed by atoms with Crippen molar-refractivity contribution in [2.45, 2.75) is 88.7 Å². The van der Waals surface area contributed by atoms with Gasteiger partial charge in [-0.25, -0.2) is 0 Å². The number of allylic oxidation sites excluding steroid dienone is 1. The van der Waals surface area contributed by atoms with Crippen molar-refractivity contribution in [3.05, 3.63) is 60.2 Å². The van der Waals surface area contributed by atoms with Crippen LogP contribution in [0.5, 0.6) is 0 Å². The number of likely N-dealkylation sites (N-methyl/N-ethyl adjacent to an activating group) is 1. The van der Waals surface area contributed by atoms with Crippen LogP contribution in [0.3, 0.4) is 0 Å². The highest BCUT2D eigenvalue weighted by molar-refractivity contribution is 5.99. The molecule has 0 unspecified atom stereocenters. The van der Waals surface area contributed by atoms with Crippen molar-refractivity contribution in [3.8, 4) is 0 Å². The van der Waals surface area contributed by atoms with E-state index in [1.807, 2.05) is 55.5 Å². The summed E-state index contributed by atoms with van der Waals surface area (Å²) >= 11 is 0. The van der Waals surface area contributed by atoms with Gasteiger partial charge in [0.25, 0.3) is 0 Å². The molecule has 0 saturated carbocycles. The molecular formula is C35H47N3O7. The van der Waals surface area contributed by atoms with Gasteiger partial charge in [-0.3, -0.25) is 19.2 Å². The van der Waals surface area contributed by atoms with Gasteiger partial charge in [0.2, 0.25) is 17.7 Å². The van der Waals surface area contributed by atoms with Gasteiger partial charge >= 0.3 is 5.97 Å². The molecule has 0 radical (unpaired) electrons. The highest BCUT2D eigenvalue weighted by Gasteiger charge is 2.73. The van der Waals surface area contributed by atoms with Crippen molar-refractivity contribution in [1.82, 2.24) is 14.7 Å². The highest BCUT2D eigenvalue weighted by Crippen LogP contribution is 2.56. The number of unbranched alkanes of at least 4 members (excludes halogenated alkanes) is 3. The largest absolute Gasteiger partial charge is 0.455 e. The number of aliphatic hydroxyl groups excluding tert-OH is 1. The Morgan fingerprint density at radius 2 is 1.73 bits per heavy atom. The lowest BCUT2D eigenvalue weighted by molar-refractivity contribution is -0.164. The molecule has 0 aromatic heterocycles. The summed E-state index contributed by atoms with van der Waals surface area (Å²) in [7, 11) is 1.72. The SMILES string of the molecule is CCCCCN1C/C=C\CCC(=O)N(C)[C@H](C)[C@@H](c2ccccc2)OC(=O)[C@@H]2[C@@H]3C=C[C@]4(O3)[C@H](C1=O)N(CCCCO)C(=O)[C@@H]24. The number of aliphatic hydroxyl groups is 1. The van der Waals surface area contributed by atoms with Gasteiger partial charge in [-0.1, -0.05) is 74.4 Å². The molecule has 4 aliphatic rings. The number of cyclic esters (lactones) is 1. The van der Waals surface area contributed by atoms with Gasteiger partial charge in [-0.2, -0.15) is 0 Å². The topological polar surface area (TPSA) is 117 Å². The fourth-order valence-corrected chi connectivity index (χ4v) is 7.29. The lowest BCUT2D eigenvalue weighted by atomic mass is 9.74. The van der Waals surface area contributed by atoms with Crippen LogP contribution in [-0.4, -0.2) is 101 Å². The van der Waals surface area contributed by atoms with Crippen LogP contribution in [0.15, 0.2) is 54.6 Å². The van der Waals surface area contributed by atoms with Crippen molar-refractivity contribution in [2.24, 2.45) is 11.8 Å². The quantitative estimate of drug-likeness (QED) is 0.255. The van der Waals surface area contributed by atoms with Gasteiger partial charge in [0.05, 0.1) is 18.1 Å². The molecule has 2 fully saturated rings. The van der Waals surface area contributed by atoms with Crippen molar-refractivity contribution in [2.75, 3.05) is 33.3 Å². The van der Waals surface area contributed by atoms with E-state index in [1.54, 1.807) is 27.8 Å². The first-order chi connectivity index (χ1) is 21.7. The lowest BCUT2D eigenvalue weighted by Crippen LogP contribution is -2.56. The Hall–Kier alpha value is -3.50. The minimum Gasteiger partial charge on any atom is -0.455 e. The Morgan fingerprint density at radius 1 is 0.978 bits per heavy atom. The third-order valence-corrected chi connectivity index (χ3v) is 9.86. The molecule has 244 valence electrons. The van der Waals surface area contributed by atoms with E-state index in [2.05, 4.69) is 6.92 Å². The summed E-state index contributed by atoms with van der Waals surface area (Å²) in [6.45, 7) is 5.07. The third-order valence-electron chi connectivity index (χ3n) is 9.86. The number of hydrogen-bond donors (Lipinski definition) is 1. The van der Waals surface area contributed by atoms with Crippen LogP contribution < -0.4 is 0 Å². The zero-order valence-corrected chi connectivity index (χ0v) is 26.7. The molecule has 3 amide bonds. The number of esters is 1. The monoisotopic (exact) mass is 621 g/mol. The van der Waals surface area contributed by atoms with Gasteiger partial charge in [-0.15, -0.1) is 0 Å². The van der Waals surface area contributed by atoms with E-state index in [9.17, 15) is 24.3 Å². The smallest absolute Gasteiger partial charge is 0.313 e. The van der Waals surface area contributed by atoms with Crippen LogP contribution in [-0.2, 0) is 28.7 Å². The Morgan fingerprint density at radius 3 is 2.47 bits per heavy atom. The number of benzene rings is 1. The first-order valence-electron chi connectivity index (χ1n) is 16.5. The molecule has 1 N–H and O–H groups in total. The number of hydrogen-bond acceptors (Lipinski definition) is 7. The van der Waals surface area contributed by atoms with Crippen LogP contribution in [0, 0.1) is 11.8 Å². The van der Waals surface area contributed by atoms with E-state index in [0.717, 1.165) is 24.8 Å². The predicted octanol–water partition coefficient (Wildman–Crippen LogP) is 3.41. The van der Waals surface area contributed by atoms with Crippen molar-refractivity contribution in [3.63, 3.8) is 0 Å². The maximum atomic E-state index is 14.5. The minimum atomic E-state index is -1.29. The molecule has 1 aromatic rings. The zero-order chi connectivity index (χ0) is 32.1. The molecule has 5 rings (SSSR count). The highest BCUT2D eigenvalue weighted by atomic mass is 16.6. The number of carbonyl (C=O) groups is 4. The van der Waals surface area contributed by atoms with E-state index in [-0.39, 0.29) is 37.3 Å². The molecule has 4 aliphatic heterocycles. The molecule has 45 heavy (non-hydrogen) atoms. The maximum absolute atomic E-state index is 14.5. The normalized spacial score (nSPS) is 32.8. The number of rotatable bonds is 9. The number of nitrogens with zero attached hydrogens (tertiary/aromatic N) is 3. The third kappa shape index (κ3) is 6.31. The standard InChI is InChI=1S/C35H47N3O7/c1-4-5-11-20-37-21-12-7-10-17-27(40)36(3)24(2)30(25-15-8-6-9-16-25)44-34(43)28-26-18-19-35(45-26)29(28)32(41)38(22-13-14-23-39)31(35)33(37)42/h6-9,12,15-16,18-19,24,26,28-31,39H,4-5,10-11,13-14,17,20-23H2,1-3H3/b12-7-/t24-,26+,28-,29-,30+,31+,35-/m1/s1. The minimum absolute atomic E-state index is 0.0212. The van der Waals surface area contributed by atoms with Gasteiger partial charge in [0.15, 0.2) is 0 Å². The van der Waals surface area contributed by atoms with E-state index < -0.39 is 47.7 Å². The first kappa shape index (κ1) is 32.9. The van der Waals surface area contributed by atoms with Gasteiger partial charge in [0, 0.05) is 39.7 Å². The summed E-state index contributed by atoms with van der Waals surface area (Å²) in [5.41, 5.74) is -0.549. The second-order valence-electron chi connectivity index (χ2n) is 12.7. The van der Waals surface area contributed by atoms with Gasteiger partial charge < -0.3 is 29.3 Å². The molecule has 5 bridgehead atoms. The van der Waals surface area contributed by atoms with E-state index in [4.69, 9.17) is 9.47 Å². The second kappa shape index (κ2) is 14.3. The number of fused-ring (bicyclic) bond motifs is 2. The number of amides is 3. The number of carbonyl (C=O) groups excluding carboxylic acids is 4. The molecule has 10 nitrogen and oxygen atoms in total. The molecule has 2 saturated heterocycles. The number of ether oxygens (including phenoxy) is 2. The Bertz CT molecular complexity index is 1300. The summed E-state index contributed by atoms with van der Waals surface area (Å²) in [6.07, 6.45) is 10.5. The van der Waals surface area contributed by atoms with Crippen molar-refractivity contribution >= 4 is 23.7 Å². The summed E-state index contributed by atoms with van der Waals surface area (Å²) in [6, 6.07) is 7.90. The average Bonchev–Trinajstić information content (AvgIpc) is 3.69.